The number of nitrogens with zero attached hydrogens (tertiary/aromatic N) is 2. The normalized spacial score (nSPS) is 11.8. The maximum atomic E-state index is 12.2. The van der Waals surface area contributed by atoms with Gasteiger partial charge in [0.1, 0.15) is 0 Å². The van der Waals surface area contributed by atoms with Crippen molar-refractivity contribution in [1.29, 1.82) is 0 Å². The molecule has 0 unspecified atom stereocenters. The van der Waals surface area contributed by atoms with Crippen molar-refractivity contribution in [3.8, 4) is 0 Å². The summed E-state index contributed by atoms with van der Waals surface area (Å²) in [7, 11) is 1.36. The van der Waals surface area contributed by atoms with Crippen molar-refractivity contribution in [2.75, 3.05) is 7.11 Å². The summed E-state index contributed by atoms with van der Waals surface area (Å²) in [6, 6.07) is 9.22. The van der Waals surface area contributed by atoms with Gasteiger partial charge in [0.2, 0.25) is 0 Å². The van der Waals surface area contributed by atoms with Gasteiger partial charge in [-0.05, 0) is 36.6 Å². The highest BCUT2D eigenvalue weighted by Crippen LogP contribution is 2.20. The van der Waals surface area contributed by atoms with E-state index in [0.717, 1.165) is 15.1 Å². The summed E-state index contributed by atoms with van der Waals surface area (Å²) in [5.41, 5.74) is 1.45. The molecule has 2 heterocycles. The summed E-state index contributed by atoms with van der Waals surface area (Å²) < 4.78 is 7.64. The largest absolute Gasteiger partial charge is 0.465 e. The summed E-state index contributed by atoms with van der Waals surface area (Å²) in [5.74, 6) is -0.542. The predicted molar refractivity (Wildman–Crippen MR) is 95.4 cm³/mol. The van der Waals surface area contributed by atoms with Gasteiger partial charge in [0, 0.05) is 11.4 Å². The number of thiophene rings is 1. The maximum absolute atomic E-state index is 12.2. The smallest absolute Gasteiger partial charge is 0.337 e. The predicted octanol–water partition coefficient (Wildman–Crippen LogP) is 3.24. The molecule has 0 aliphatic carbocycles. The number of carbonyl (C=O) groups excluding carboxylic acids is 2. The van der Waals surface area contributed by atoms with E-state index in [2.05, 4.69) is 4.99 Å². The summed E-state index contributed by atoms with van der Waals surface area (Å²) in [5, 5.41) is 1.95. The molecule has 0 radical (unpaired) electrons. The van der Waals surface area contributed by atoms with Crippen LogP contribution in [0.4, 0.5) is 0 Å². The minimum Gasteiger partial charge on any atom is -0.465 e. The number of esters is 1. The van der Waals surface area contributed by atoms with Crippen LogP contribution >= 0.6 is 22.7 Å². The standard InChI is InChI=1S/C17H16N2O3S2/c1-3-19-13-7-6-11(16(21)22-2)9-14(13)24-17(19)18-15(20)10-12-5-4-8-23-12/h4-9H,3,10H2,1-2H3. The molecule has 124 valence electrons. The van der Waals surface area contributed by atoms with E-state index in [1.165, 1.54) is 18.4 Å². The van der Waals surface area contributed by atoms with Gasteiger partial charge >= 0.3 is 5.97 Å². The van der Waals surface area contributed by atoms with Gasteiger partial charge in [-0.1, -0.05) is 17.4 Å². The molecule has 0 saturated heterocycles. The van der Waals surface area contributed by atoms with E-state index >= 15 is 0 Å². The highest BCUT2D eigenvalue weighted by molar-refractivity contribution is 7.16. The van der Waals surface area contributed by atoms with E-state index in [9.17, 15) is 9.59 Å². The summed E-state index contributed by atoms with van der Waals surface area (Å²) in [6.45, 7) is 2.70. The Labute approximate surface area is 146 Å². The van der Waals surface area contributed by atoms with Crippen LogP contribution in [0, 0.1) is 0 Å². The van der Waals surface area contributed by atoms with Crippen molar-refractivity contribution < 1.29 is 14.3 Å². The van der Waals surface area contributed by atoms with Gasteiger partial charge in [-0.2, -0.15) is 4.99 Å². The number of ether oxygens (including phenoxy) is 1. The number of hydrogen-bond donors (Lipinski definition) is 0. The Morgan fingerprint density at radius 2 is 2.12 bits per heavy atom. The first-order chi connectivity index (χ1) is 11.6. The summed E-state index contributed by atoms with van der Waals surface area (Å²) >= 11 is 2.95. The number of methoxy groups -OCH3 is 1. The second-order valence-corrected chi connectivity index (χ2v) is 7.11. The number of hydrogen-bond acceptors (Lipinski definition) is 5. The number of thiazole rings is 1. The Morgan fingerprint density at radius 3 is 2.79 bits per heavy atom. The van der Waals surface area contributed by atoms with Crippen molar-refractivity contribution in [1.82, 2.24) is 4.57 Å². The molecule has 7 heteroatoms. The Balaban J connectivity index is 2.02. The van der Waals surface area contributed by atoms with Crippen molar-refractivity contribution >= 4 is 44.8 Å². The average molecular weight is 360 g/mol. The molecule has 0 N–H and O–H groups in total. The lowest BCUT2D eigenvalue weighted by Gasteiger charge is -2.02. The Hall–Kier alpha value is -2.25. The fraction of sp³-hybridized carbons (Fsp3) is 0.235. The highest BCUT2D eigenvalue weighted by atomic mass is 32.1. The number of rotatable bonds is 4. The molecular formula is C17H16N2O3S2. The van der Waals surface area contributed by atoms with Gasteiger partial charge in [0.25, 0.3) is 5.91 Å². The van der Waals surface area contributed by atoms with E-state index in [1.807, 2.05) is 35.1 Å². The highest BCUT2D eigenvalue weighted by Gasteiger charge is 2.11. The number of aromatic nitrogens is 1. The molecule has 0 atom stereocenters. The first kappa shape index (κ1) is 16.6. The molecule has 24 heavy (non-hydrogen) atoms. The van der Waals surface area contributed by atoms with Gasteiger partial charge in [0.05, 0.1) is 29.3 Å². The van der Waals surface area contributed by atoms with Crippen LogP contribution in [0.15, 0.2) is 40.7 Å². The fourth-order valence-electron chi connectivity index (χ4n) is 2.42. The zero-order chi connectivity index (χ0) is 17.1. The molecule has 1 aromatic carbocycles. The van der Waals surface area contributed by atoms with Gasteiger partial charge in [-0.3, -0.25) is 4.79 Å². The van der Waals surface area contributed by atoms with E-state index in [4.69, 9.17) is 4.74 Å². The maximum Gasteiger partial charge on any atom is 0.337 e. The number of fused-ring (bicyclic) bond motifs is 1. The monoisotopic (exact) mass is 360 g/mol. The summed E-state index contributed by atoms with van der Waals surface area (Å²) in [6.07, 6.45) is 0.309. The van der Waals surface area contributed by atoms with Crippen molar-refractivity contribution in [2.24, 2.45) is 4.99 Å². The number of aryl methyl sites for hydroxylation is 1. The zero-order valence-corrected chi connectivity index (χ0v) is 14.9. The van der Waals surface area contributed by atoms with E-state index in [-0.39, 0.29) is 11.9 Å². The van der Waals surface area contributed by atoms with Crippen LogP contribution in [0.3, 0.4) is 0 Å². The van der Waals surface area contributed by atoms with Gasteiger partial charge in [0.15, 0.2) is 4.80 Å². The second kappa shape index (κ2) is 7.11. The molecule has 3 aromatic rings. The molecule has 0 aliphatic rings. The van der Waals surface area contributed by atoms with Gasteiger partial charge in [-0.15, -0.1) is 11.3 Å². The first-order valence-electron chi connectivity index (χ1n) is 7.44. The summed E-state index contributed by atoms with van der Waals surface area (Å²) in [4.78, 5) is 29.8. The Kier molecular flexibility index (Phi) is 4.92. The third kappa shape index (κ3) is 3.32. The van der Waals surface area contributed by atoms with E-state index in [0.29, 0.717) is 23.3 Å². The first-order valence-corrected chi connectivity index (χ1v) is 9.13. The van der Waals surface area contributed by atoms with Crippen molar-refractivity contribution in [3.63, 3.8) is 0 Å². The minimum atomic E-state index is -0.374. The number of benzene rings is 1. The van der Waals surface area contributed by atoms with Crippen molar-refractivity contribution in [2.45, 2.75) is 19.9 Å². The SMILES string of the molecule is CCn1c(=NC(=O)Cc2cccs2)sc2cc(C(=O)OC)ccc21. The van der Waals surface area contributed by atoms with Crippen LogP contribution in [0.2, 0.25) is 0 Å². The number of carbonyl (C=O) groups is 2. The van der Waals surface area contributed by atoms with Crippen molar-refractivity contribution in [3.05, 3.63) is 51.0 Å². The fourth-order valence-corrected chi connectivity index (χ4v) is 4.26. The molecule has 0 fully saturated rings. The topological polar surface area (TPSA) is 60.7 Å². The third-order valence-corrected chi connectivity index (χ3v) is 5.46. The Morgan fingerprint density at radius 1 is 1.29 bits per heavy atom. The molecule has 3 rings (SSSR count). The van der Waals surface area contributed by atoms with Crippen LogP contribution in [-0.2, 0) is 22.5 Å². The number of amides is 1. The third-order valence-electron chi connectivity index (χ3n) is 3.55. The molecule has 0 aliphatic heterocycles. The quantitative estimate of drug-likeness (QED) is 0.671. The van der Waals surface area contributed by atoms with Crippen LogP contribution in [0.25, 0.3) is 10.2 Å². The molecule has 0 bridgehead atoms. The average Bonchev–Trinajstić information content (AvgIpc) is 3.20. The minimum absolute atomic E-state index is 0.167. The van der Waals surface area contributed by atoms with Crippen LogP contribution in [0.5, 0.6) is 0 Å². The lowest BCUT2D eigenvalue weighted by Crippen LogP contribution is -2.16. The lowest BCUT2D eigenvalue weighted by atomic mass is 10.2. The Bertz CT molecular complexity index is 952. The van der Waals surface area contributed by atoms with E-state index in [1.54, 1.807) is 23.5 Å². The van der Waals surface area contributed by atoms with Crippen LogP contribution in [-0.4, -0.2) is 23.6 Å². The molecule has 0 spiro atoms. The van der Waals surface area contributed by atoms with E-state index < -0.39 is 0 Å². The van der Waals surface area contributed by atoms with Crippen LogP contribution < -0.4 is 4.80 Å². The van der Waals surface area contributed by atoms with Gasteiger partial charge in [-0.25, -0.2) is 4.79 Å². The molecule has 2 aromatic heterocycles. The molecule has 1 amide bonds. The second-order valence-electron chi connectivity index (χ2n) is 5.06. The zero-order valence-electron chi connectivity index (χ0n) is 13.3. The molecular weight excluding hydrogens is 344 g/mol. The molecule has 0 saturated carbocycles. The van der Waals surface area contributed by atoms with Gasteiger partial charge < -0.3 is 9.30 Å². The lowest BCUT2D eigenvalue weighted by molar-refractivity contribution is -0.117. The molecule has 5 nitrogen and oxygen atoms in total. The van der Waals surface area contributed by atoms with Crippen LogP contribution in [0.1, 0.15) is 22.2 Å².